The molecule has 0 aromatic heterocycles. The molecule has 0 aliphatic carbocycles. The van der Waals surface area contributed by atoms with E-state index in [9.17, 15) is 4.39 Å². The molecule has 1 aliphatic heterocycles. The van der Waals surface area contributed by atoms with Crippen molar-refractivity contribution < 1.29 is 9.13 Å². The first-order chi connectivity index (χ1) is 7.75. The van der Waals surface area contributed by atoms with Crippen LogP contribution in [0.4, 0.5) is 10.1 Å². The van der Waals surface area contributed by atoms with E-state index in [0.29, 0.717) is 5.69 Å². The summed E-state index contributed by atoms with van der Waals surface area (Å²) in [5, 5.41) is 3.25. The summed E-state index contributed by atoms with van der Waals surface area (Å²) >= 11 is 1.54. The molecule has 3 N–H and O–H groups in total. The Kier molecular flexibility index (Phi) is 4.04. The number of benzene rings is 1. The van der Waals surface area contributed by atoms with Gasteiger partial charge >= 0.3 is 0 Å². The van der Waals surface area contributed by atoms with Gasteiger partial charge in [0.2, 0.25) is 0 Å². The molecule has 1 atom stereocenters. The van der Waals surface area contributed by atoms with Crippen molar-refractivity contribution >= 4 is 17.4 Å². The molecule has 1 unspecified atom stereocenters. The molecule has 16 heavy (non-hydrogen) atoms. The van der Waals surface area contributed by atoms with Crippen molar-refractivity contribution in [3.05, 3.63) is 24.0 Å². The van der Waals surface area contributed by atoms with Gasteiger partial charge in [-0.2, -0.15) is 0 Å². The molecule has 0 bridgehead atoms. The van der Waals surface area contributed by atoms with Gasteiger partial charge in [0.05, 0.1) is 12.7 Å². The van der Waals surface area contributed by atoms with Crippen LogP contribution in [-0.4, -0.2) is 31.6 Å². The maximum absolute atomic E-state index is 13.0. The minimum atomic E-state index is -0.251. The van der Waals surface area contributed by atoms with E-state index in [1.807, 2.05) is 0 Å². The van der Waals surface area contributed by atoms with E-state index in [4.69, 9.17) is 10.5 Å². The quantitative estimate of drug-likeness (QED) is 0.623. The first kappa shape index (κ1) is 11.7. The zero-order valence-corrected chi connectivity index (χ0v) is 9.73. The average Bonchev–Trinajstić information content (AvgIpc) is 2.32. The van der Waals surface area contributed by atoms with Crippen LogP contribution in [0.2, 0.25) is 0 Å². The summed E-state index contributed by atoms with van der Waals surface area (Å²) < 4.78 is 18.6. The van der Waals surface area contributed by atoms with Crippen LogP contribution in [0.5, 0.6) is 0 Å². The van der Waals surface area contributed by atoms with Gasteiger partial charge in [0.25, 0.3) is 0 Å². The van der Waals surface area contributed by atoms with Gasteiger partial charge < -0.3 is 15.8 Å². The SMILES string of the molecule is Nc1ccc(F)cc1SCC1CNCCO1. The van der Waals surface area contributed by atoms with Gasteiger partial charge in [0.1, 0.15) is 5.82 Å². The van der Waals surface area contributed by atoms with E-state index in [0.717, 1.165) is 30.3 Å². The van der Waals surface area contributed by atoms with Crippen LogP contribution < -0.4 is 11.1 Å². The molecular weight excluding hydrogens is 227 g/mol. The van der Waals surface area contributed by atoms with Crippen LogP contribution in [0.3, 0.4) is 0 Å². The third-order valence-corrected chi connectivity index (χ3v) is 3.61. The van der Waals surface area contributed by atoms with Crippen LogP contribution in [0.15, 0.2) is 23.1 Å². The second-order valence-corrected chi connectivity index (χ2v) is 4.75. The van der Waals surface area contributed by atoms with Crippen molar-refractivity contribution in [2.24, 2.45) is 0 Å². The summed E-state index contributed by atoms with van der Waals surface area (Å²) in [5.74, 6) is 0.542. The minimum Gasteiger partial charge on any atom is -0.398 e. The first-order valence-corrected chi connectivity index (χ1v) is 6.24. The number of hydrogen-bond donors (Lipinski definition) is 2. The molecule has 5 heteroatoms. The number of nitrogen functional groups attached to an aromatic ring is 1. The van der Waals surface area contributed by atoms with Gasteiger partial charge in [-0.25, -0.2) is 4.39 Å². The standard InChI is InChI=1S/C11H15FN2OS/c12-8-1-2-10(13)11(5-8)16-7-9-6-14-3-4-15-9/h1-2,5,9,14H,3-4,6-7,13H2. The fraction of sp³-hybridized carbons (Fsp3) is 0.455. The molecule has 1 saturated heterocycles. The molecule has 1 aromatic carbocycles. The fourth-order valence-electron chi connectivity index (χ4n) is 1.54. The minimum absolute atomic E-state index is 0.182. The summed E-state index contributed by atoms with van der Waals surface area (Å²) in [6.07, 6.45) is 0.182. The highest BCUT2D eigenvalue weighted by molar-refractivity contribution is 7.99. The second-order valence-electron chi connectivity index (χ2n) is 3.69. The molecular formula is C11H15FN2OS. The molecule has 1 fully saturated rings. The van der Waals surface area contributed by atoms with Crippen LogP contribution in [0.25, 0.3) is 0 Å². The molecule has 1 aromatic rings. The zero-order valence-electron chi connectivity index (χ0n) is 8.91. The topological polar surface area (TPSA) is 47.3 Å². The predicted octanol–water partition coefficient (Wildman–Crippen LogP) is 1.49. The van der Waals surface area contributed by atoms with E-state index in [-0.39, 0.29) is 11.9 Å². The lowest BCUT2D eigenvalue weighted by Crippen LogP contribution is -2.39. The third-order valence-electron chi connectivity index (χ3n) is 2.40. The second kappa shape index (κ2) is 5.52. The maximum atomic E-state index is 13.0. The number of hydrogen-bond acceptors (Lipinski definition) is 4. The zero-order chi connectivity index (χ0) is 11.4. The van der Waals surface area contributed by atoms with Gasteiger partial charge in [-0.15, -0.1) is 11.8 Å². The first-order valence-electron chi connectivity index (χ1n) is 5.26. The Morgan fingerprint density at radius 1 is 1.56 bits per heavy atom. The van der Waals surface area contributed by atoms with Crippen molar-refractivity contribution in [3.8, 4) is 0 Å². The monoisotopic (exact) mass is 242 g/mol. The third kappa shape index (κ3) is 3.10. The molecule has 0 amide bonds. The van der Waals surface area contributed by atoms with Gasteiger partial charge in [0, 0.05) is 29.4 Å². The molecule has 0 spiro atoms. The Hall–Kier alpha value is -0.780. The van der Waals surface area contributed by atoms with Crippen LogP contribution in [-0.2, 0) is 4.74 Å². The molecule has 1 aliphatic rings. The van der Waals surface area contributed by atoms with Crippen LogP contribution >= 0.6 is 11.8 Å². The Morgan fingerprint density at radius 3 is 3.19 bits per heavy atom. The molecule has 0 saturated carbocycles. The van der Waals surface area contributed by atoms with Crippen LogP contribution in [0.1, 0.15) is 0 Å². The van der Waals surface area contributed by atoms with Crippen molar-refractivity contribution in [3.63, 3.8) is 0 Å². The Labute approximate surface area is 98.5 Å². The maximum Gasteiger partial charge on any atom is 0.124 e. The fourth-order valence-corrected chi connectivity index (χ4v) is 2.55. The highest BCUT2D eigenvalue weighted by atomic mass is 32.2. The molecule has 2 rings (SSSR count). The Balaban J connectivity index is 1.90. The van der Waals surface area contributed by atoms with Crippen molar-refractivity contribution in [2.45, 2.75) is 11.0 Å². The van der Waals surface area contributed by atoms with E-state index in [2.05, 4.69) is 5.32 Å². The molecule has 3 nitrogen and oxygen atoms in total. The van der Waals surface area contributed by atoms with E-state index < -0.39 is 0 Å². The number of nitrogens with one attached hydrogen (secondary N) is 1. The van der Waals surface area contributed by atoms with Gasteiger partial charge in [-0.05, 0) is 18.2 Å². The highest BCUT2D eigenvalue weighted by Crippen LogP contribution is 2.26. The molecule has 1 heterocycles. The van der Waals surface area contributed by atoms with Crippen molar-refractivity contribution in [1.29, 1.82) is 0 Å². The number of ether oxygens (including phenoxy) is 1. The van der Waals surface area contributed by atoms with Crippen LogP contribution in [0, 0.1) is 5.82 Å². The molecule has 88 valence electrons. The number of nitrogens with two attached hydrogens (primary N) is 1. The number of anilines is 1. The number of rotatable bonds is 3. The average molecular weight is 242 g/mol. The van der Waals surface area contributed by atoms with Gasteiger partial charge in [-0.1, -0.05) is 0 Å². The normalized spacial score (nSPS) is 20.9. The summed E-state index contributed by atoms with van der Waals surface area (Å²) in [7, 11) is 0. The summed E-state index contributed by atoms with van der Waals surface area (Å²) in [4.78, 5) is 0.786. The Bertz CT molecular complexity index is 356. The van der Waals surface area contributed by atoms with Gasteiger partial charge in [0.15, 0.2) is 0 Å². The highest BCUT2D eigenvalue weighted by Gasteiger charge is 2.14. The van der Waals surface area contributed by atoms with Gasteiger partial charge in [-0.3, -0.25) is 0 Å². The van der Waals surface area contributed by atoms with Crippen molar-refractivity contribution in [2.75, 3.05) is 31.2 Å². The van der Waals surface area contributed by atoms with Crippen molar-refractivity contribution in [1.82, 2.24) is 5.32 Å². The summed E-state index contributed by atoms with van der Waals surface area (Å²) in [6.45, 7) is 2.50. The number of thioether (sulfide) groups is 1. The number of halogens is 1. The van der Waals surface area contributed by atoms with E-state index in [1.165, 1.54) is 23.9 Å². The Morgan fingerprint density at radius 2 is 2.44 bits per heavy atom. The van der Waals surface area contributed by atoms with E-state index >= 15 is 0 Å². The summed E-state index contributed by atoms with van der Waals surface area (Å²) in [6, 6.07) is 4.44. The lowest BCUT2D eigenvalue weighted by Gasteiger charge is -2.23. The smallest absolute Gasteiger partial charge is 0.124 e. The number of morpholine rings is 1. The largest absolute Gasteiger partial charge is 0.398 e. The summed E-state index contributed by atoms with van der Waals surface area (Å²) in [5.41, 5.74) is 6.38. The lowest BCUT2D eigenvalue weighted by atomic mass is 10.3. The molecule has 0 radical (unpaired) electrons. The predicted molar refractivity (Wildman–Crippen MR) is 64.1 cm³/mol. The van der Waals surface area contributed by atoms with E-state index in [1.54, 1.807) is 6.07 Å². The lowest BCUT2D eigenvalue weighted by molar-refractivity contribution is 0.0441.